The van der Waals surface area contributed by atoms with E-state index < -0.39 is 0 Å². The van der Waals surface area contributed by atoms with Crippen molar-refractivity contribution in [3.05, 3.63) is 17.7 Å². The molecule has 1 fully saturated rings. The summed E-state index contributed by atoms with van der Waals surface area (Å²) in [5.74, 6) is 1.82. The summed E-state index contributed by atoms with van der Waals surface area (Å²) in [6, 6.07) is 0.468. The van der Waals surface area contributed by atoms with Crippen molar-refractivity contribution in [2.75, 3.05) is 6.54 Å². The van der Waals surface area contributed by atoms with Gasteiger partial charge in [-0.1, -0.05) is 13.8 Å². The van der Waals surface area contributed by atoms with Crippen LogP contribution in [-0.4, -0.2) is 16.5 Å². The van der Waals surface area contributed by atoms with Gasteiger partial charge >= 0.3 is 0 Å². The zero-order valence-corrected chi connectivity index (χ0v) is 9.01. The summed E-state index contributed by atoms with van der Waals surface area (Å²) in [6.45, 7) is 5.59. The third-order valence-corrected chi connectivity index (χ3v) is 2.67. The van der Waals surface area contributed by atoms with E-state index >= 15 is 0 Å². The Morgan fingerprint density at radius 1 is 1.57 bits per heavy atom. The SMILES string of the molecule is CC(C)Cc1cnc(C2CCCN2)[nH]1. The fraction of sp³-hybridized carbons (Fsp3) is 0.727. The molecule has 0 amide bonds. The minimum absolute atomic E-state index is 0.468. The van der Waals surface area contributed by atoms with E-state index in [4.69, 9.17) is 0 Å². The quantitative estimate of drug-likeness (QED) is 0.771. The first kappa shape index (κ1) is 9.71. The fourth-order valence-electron chi connectivity index (χ4n) is 2.02. The van der Waals surface area contributed by atoms with Crippen LogP contribution in [0.3, 0.4) is 0 Å². The lowest BCUT2D eigenvalue weighted by atomic mass is 10.1. The number of aromatic amines is 1. The molecule has 1 unspecified atom stereocenters. The Bertz CT molecular complexity index is 284. The first-order valence-corrected chi connectivity index (χ1v) is 5.53. The Morgan fingerprint density at radius 3 is 3.07 bits per heavy atom. The Hall–Kier alpha value is -0.830. The van der Waals surface area contributed by atoms with Gasteiger partial charge in [-0.3, -0.25) is 0 Å². The van der Waals surface area contributed by atoms with Gasteiger partial charge in [0.05, 0.1) is 6.04 Å². The number of hydrogen-bond donors (Lipinski definition) is 2. The van der Waals surface area contributed by atoms with Gasteiger partial charge in [0.15, 0.2) is 0 Å². The molecule has 2 heterocycles. The molecule has 3 heteroatoms. The monoisotopic (exact) mass is 193 g/mol. The molecule has 2 N–H and O–H groups in total. The number of rotatable bonds is 3. The Balaban J connectivity index is 2.01. The second kappa shape index (κ2) is 4.13. The minimum Gasteiger partial charge on any atom is -0.345 e. The summed E-state index contributed by atoms with van der Waals surface area (Å²) < 4.78 is 0. The van der Waals surface area contributed by atoms with Crippen LogP contribution < -0.4 is 5.32 Å². The van der Waals surface area contributed by atoms with Crippen LogP contribution in [0.5, 0.6) is 0 Å². The van der Waals surface area contributed by atoms with Crippen LogP contribution in [-0.2, 0) is 6.42 Å². The predicted octanol–water partition coefficient (Wildman–Crippen LogP) is 2.03. The Labute approximate surface area is 85.3 Å². The maximum absolute atomic E-state index is 4.43. The van der Waals surface area contributed by atoms with Gasteiger partial charge in [0.25, 0.3) is 0 Å². The van der Waals surface area contributed by atoms with Crippen LogP contribution in [0.1, 0.15) is 44.2 Å². The standard InChI is InChI=1S/C11H19N3/c1-8(2)6-9-7-13-11(14-9)10-4-3-5-12-10/h7-8,10,12H,3-6H2,1-2H3,(H,13,14). The highest BCUT2D eigenvalue weighted by Gasteiger charge is 2.18. The number of H-pyrrole nitrogens is 1. The second-order valence-electron chi connectivity index (χ2n) is 4.54. The number of nitrogens with one attached hydrogen (secondary N) is 2. The van der Waals surface area contributed by atoms with E-state index in [1.165, 1.54) is 18.5 Å². The summed E-state index contributed by atoms with van der Waals surface area (Å²) in [6.07, 6.45) is 5.56. The Kier molecular flexibility index (Phi) is 2.87. The lowest BCUT2D eigenvalue weighted by Crippen LogP contribution is -2.14. The smallest absolute Gasteiger partial charge is 0.123 e. The molecule has 0 radical (unpaired) electrons. The zero-order chi connectivity index (χ0) is 9.97. The molecule has 0 saturated carbocycles. The number of nitrogens with zero attached hydrogens (tertiary/aromatic N) is 1. The van der Waals surface area contributed by atoms with Crippen LogP contribution >= 0.6 is 0 Å². The Morgan fingerprint density at radius 2 is 2.43 bits per heavy atom. The molecular formula is C11H19N3. The summed E-state index contributed by atoms with van der Waals surface area (Å²) in [7, 11) is 0. The van der Waals surface area contributed by atoms with E-state index in [-0.39, 0.29) is 0 Å². The van der Waals surface area contributed by atoms with Crippen LogP contribution in [0.4, 0.5) is 0 Å². The van der Waals surface area contributed by atoms with Crippen LogP contribution in [0.15, 0.2) is 6.20 Å². The third-order valence-electron chi connectivity index (χ3n) is 2.67. The molecule has 1 aliphatic heterocycles. The van der Waals surface area contributed by atoms with Gasteiger partial charge < -0.3 is 10.3 Å². The molecule has 3 nitrogen and oxygen atoms in total. The lowest BCUT2D eigenvalue weighted by molar-refractivity contribution is 0.602. The van der Waals surface area contributed by atoms with E-state index in [0.717, 1.165) is 18.8 Å². The van der Waals surface area contributed by atoms with Gasteiger partial charge in [-0.15, -0.1) is 0 Å². The first-order chi connectivity index (χ1) is 6.75. The van der Waals surface area contributed by atoms with Crippen LogP contribution in [0, 0.1) is 5.92 Å². The molecule has 2 rings (SSSR count). The molecule has 1 atom stereocenters. The van der Waals surface area contributed by atoms with Gasteiger partial charge in [-0.05, 0) is 31.7 Å². The van der Waals surface area contributed by atoms with Gasteiger partial charge in [0.2, 0.25) is 0 Å². The van der Waals surface area contributed by atoms with E-state index in [0.29, 0.717) is 12.0 Å². The summed E-state index contributed by atoms with van der Waals surface area (Å²) in [5, 5.41) is 3.45. The average Bonchev–Trinajstić information content (AvgIpc) is 2.69. The average molecular weight is 193 g/mol. The number of aromatic nitrogens is 2. The van der Waals surface area contributed by atoms with Crippen molar-refractivity contribution in [3.8, 4) is 0 Å². The second-order valence-corrected chi connectivity index (χ2v) is 4.54. The molecule has 1 aromatic heterocycles. The summed E-state index contributed by atoms with van der Waals surface area (Å²) in [4.78, 5) is 7.85. The molecule has 0 spiro atoms. The summed E-state index contributed by atoms with van der Waals surface area (Å²) in [5.41, 5.74) is 1.27. The molecule has 0 bridgehead atoms. The predicted molar refractivity (Wildman–Crippen MR) is 57.1 cm³/mol. The highest BCUT2D eigenvalue weighted by Crippen LogP contribution is 2.20. The van der Waals surface area contributed by atoms with Crippen LogP contribution in [0.2, 0.25) is 0 Å². The third kappa shape index (κ3) is 2.15. The molecule has 0 aliphatic carbocycles. The van der Waals surface area contributed by atoms with Crippen molar-refractivity contribution >= 4 is 0 Å². The maximum Gasteiger partial charge on any atom is 0.123 e. The lowest BCUT2D eigenvalue weighted by Gasteiger charge is -2.05. The highest BCUT2D eigenvalue weighted by atomic mass is 15.0. The molecule has 0 aromatic carbocycles. The van der Waals surface area contributed by atoms with E-state index in [2.05, 4.69) is 29.1 Å². The number of hydrogen-bond acceptors (Lipinski definition) is 2. The molecule has 1 aromatic rings. The van der Waals surface area contributed by atoms with Crippen molar-refractivity contribution in [1.29, 1.82) is 0 Å². The van der Waals surface area contributed by atoms with Crippen LogP contribution in [0.25, 0.3) is 0 Å². The fourth-order valence-corrected chi connectivity index (χ4v) is 2.02. The molecule has 14 heavy (non-hydrogen) atoms. The van der Waals surface area contributed by atoms with Gasteiger partial charge in [0, 0.05) is 11.9 Å². The van der Waals surface area contributed by atoms with Crippen molar-refractivity contribution in [2.45, 2.75) is 39.2 Å². The van der Waals surface area contributed by atoms with E-state index in [9.17, 15) is 0 Å². The first-order valence-electron chi connectivity index (χ1n) is 5.53. The van der Waals surface area contributed by atoms with Gasteiger partial charge in [-0.2, -0.15) is 0 Å². The van der Waals surface area contributed by atoms with Gasteiger partial charge in [0.1, 0.15) is 5.82 Å². The van der Waals surface area contributed by atoms with Crippen molar-refractivity contribution < 1.29 is 0 Å². The van der Waals surface area contributed by atoms with Crippen molar-refractivity contribution in [2.24, 2.45) is 5.92 Å². The summed E-state index contributed by atoms with van der Waals surface area (Å²) >= 11 is 0. The van der Waals surface area contributed by atoms with E-state index in [1.54, 1.807) is 0 Å². The van der Waals surface area contributed by atoms with Gasteiger partial charge in [-0.25, -0.2) is 4.98 Å². The molecular weight excluding hydrogens is 174 g/mol. The molecule has 1 saturated heterocycles. The van der Waals surface area contributed by atoms with E-state index in [1.807, 2.05) is 6.20 Å². The zero-order valence-electron chi connectivity index (χ0n) is 9.01. The van der Waals surface area contributed by atoms with Crippen molar-refractivity contribution in [1.82, 2.24) is 15.3 Å². The molecule has 78 valence electrons. The molecule has 1 aliphatic rings. The normalized spacial score (nSPS) is 22.1. The highest BCUT2D eigenvalue weighted by molar-refractivity contribution is 5.06. The number of imidazole rings is 1. The largest absolute Gasteiger partial charge is 0.345 e. The van der Waals surface area contributed by atoms with Crippen molar-refractivity contribution in [3.63, 3.8) is 0 Å². The topological polar surface area (TPSA) is 40.7 Å². The maximum atomic E-state index is 4.43. The minimum atomic E-state index is 0.468.